The van der Waals surface area contributed by atoms with Gasteiger partial charge in [-0.2, -0.15) is 0 Å². The first kappa shape index (κ1) is 12.5. The molecule has 0 amide bonds. The van der Waals surface area contributed by atoms with Gasteiger partial charge in [-0.25, -0.2) is 0 Å². The molecule has 0 spiro atoms. The number of likely N-dealkylation sites (tertiary alicyclic amines) is 1. The number of piperidine rings is 1. The summed E-state index contributed by atoms with van der Waals surface area (Å²) in [5.74, 6) is -0.712. The third-order valence-electron chi connectivity index (χ3n) is 3.03. The van der Waals surface area contributed by atoms with Gasteiger partial charge in [0.05, 0.1) is 0 Å². The van der Waals surface area contributed by atoms with E-state index in [1.165, 1.54) is 0 Å². The Morgan fingerprint density at radius 2 is 2.13 bits per heavy atom. The molecule has 1 saturated heterocycles. The summed E-state index contributed by atoms with van der Waals surface area (Å²) in [6.07, 6.45) is 3.76. The minimum atomic E-state index is -0.712. The highest BCUT2D eigenvalue weighted by Gasteiger charge is 2.23. The van der Waals surface area contributed by atoms with E-state index in [9.17, 15) is 4.79 Å². The Hall–Kier alpha value is -0.610. The van der Waals surface area contributed by atoms with Crippen LogP contribution in [0.4, 0.5) is 0 Å². The molecule has 0 aromatic heterocycles. The number of carbonyl (C=O) groups is 1. The van der Waals surface area contributed by atoms with E-state index in [0.717, 1.165) is 38.8 Å². The summed E-state index contributed by atoms with van der Waals surface area (Å²) in [7, 11) is 2.11. The molecule has 0 bridgehead atoms. The molecule has 0 aromatic rings. The van der Waals surface area contributed by atoms with Crippen molar-refractivity contribution in [2.75, 3.05) is 20.1 Å². The van der Waals surface area contributed by atoms with Crippen LogP contribution in [-0.4, -0.2) is 48.2 Å². The van der Waals surface area contributed by atoms with Crippen LogP contribution in [0.1, 0.15) is 32.6 Å². The van der Waals surface area contributed by atoms with Crippen molar-refractivity contribution in [2.24, 2.45) is 0 Å². The molecule has 1 atom stereocenters. The minimum absolute atomic E-state index is 0.358. The van der Waals surface area contributed by atoms with Gasteiger partial charge in [0, 0.05) is 6.04 Å². The Morgan fingerprint density at radius 1 is 1.53 bits per heavy atom. The number of carboxylic acid groups (broad SMARTS) is 1. The fourth-order valence-electron chi connectivity index (χ4n) is 2.03. The highest BCUT2D eigenvalue weighted by molar-refractivity contribution is 5.73. The lowest BCUT2D eigenvalue weighted by Gasteiger charge is -2.31. The molecule has 1 rings (SSSR count). The van der Waals surface area contributed by atoms with Crippen molar-refractivity contribution < 1.29 is 9.90 Å². The van der Waals surface area contributed by atoms with E-state index >= 15 is 0 Å². The minimum Gasteiger partial charge on any atom is -0.480 e. The summed E-state index contributed by atoms with van der Waals surface area (Å²) < 4.78 is 0. The van der Waals surface area contributed by atoms with Crippen LogP contribution in [-0.2, 0) is 4.79 Å². The zero-order valence-electron chi connectivity index (χ0n) is 9.70. The average molecular weight is 214 g/mol. The molecule has 1 unspecified atom stereocenters. The van der Waals surface area contributed by atoms with E-state index in [2.05, 4.69) is 17.3 Å². The molecule has 15 heavy (non-hydrogen) atoms. The number of nitrogens with one attached hydrogen (secondary N) is 1. The van der Waals surface area contributed by atoms with Crippen LogP contribution in [0.25, 0.3) is 0 Å². The lowest BCUT2D eigenvalue weighted by atomic mass is 10.0. The van der Waals surface area contributed by atoms with Crippen molar-refractivity contribution in [3.05, 3.63) is 0 Å². The lowest BCUT2D eigenvalue weighted by Crippen LogP contribution is -2.48. The largest absolute Gasteiger partial charge is 0.480 e. The Balaban J connectivity index is 2.34. The molecule has 0 aromatic carbocycles. The van der Waals surface area contributed by atoms with Crippen LogP contribution >= 0.6 is 0 Å². The predicted molar refractivity (Wildman–Crippen MR) is 60.0 cm³/mol. The predicted octanol–water partition coefficient (Wildman–Crippen LogP) is 0.923. The number of carboxylic acids is 1. The summed E-state index contributed by atoms with van der Waals surface area (Å²) in [5.41, 5.74) is 0. The van der Waals surface area contributed by atoms with Crippen LogP contribution in [0.5, 0.6) is 0 Å². The third kappa shape index (κ3) is 4.18. The number of hydrogen-bond acceptors (Lipinski definition) is 3. The zero-order valence-corrected chi connectivity index (χ0v) is 9.70. The average Bonchev–Trinajstić information content (AvgIpc) is 2.20. The molecule has 1 aliphatic rings. The number of hydrogen-bond donors (Lipinski definition) is 2. The van der Waals surface area contributed by atoms with Crippen LogP contribution < -0.4 is 5.32 Å². The van der Waals surface area contributed by atoms with Crippen molar-refractivity contribution >= 4 is 5.97 Å². The smallest absolute Gasteiger partial charge is 0.320 e. The molecule has 1 aliphatic heterocycles. The van der Waals surface area contributed by atoms with Gasteiger partial charge in [0.25, 0.3) is 0 Å². The third-order valence-corrected chi connectivity index (χ3v) is 3.03. The molecule has 4 nitrogen and oxygen atoms in total. The number of aliphatic carboxylic acids is 1. The molecule has 4 heteroatoms. The standard InChI is InChI=1S/C11H22N2O2/c1-3-4-10(11(14)15)12-9-5-7-13(2)8-6-9/h9-10,12H,3-8H2,1-2H3,(H,14,15). The van der Waals surface area contributed by atoms with Crippen LogP contribution in [0.2, 0.25) is 0 Å². The first-order valence-electron chi connectivity index (χ1n) is 5.81. The van der Waals surface area contributed by atoms with E-state index in [-0.39, 0.29) is 6.04 Å². The van der Waals surface area contributed by atoms with E-state index in [4.69, 9.17) is 5.11 Å². The van der Waals surface area contributed by atoms with E-state index in [0.29, 0.717) is 6.04 Å². The Morgan fingerprint density at radius 3 is 2.60 bits per heavy atom. The Labute approximate surface area is 91.6 Å². The molecule has 1 fully saturated rings. The van der Waals surface area contributed by atoms with E-state index < -0.39 is 5.97 Å². The van der Waals surface area contributed by atoms with Gasteiger partial charge in [-0.1, -0.05) is 13.3 Å². The molecule has 1 heterocycles. The molecular formula is C11H22N2O2. The van der Waals surface area contributed by atoms with Crippen molar-refractivity contribution in [3.8, 4) is 0 Å². The van der Waals surface area contributed by atoms with Crippen LogP contribution in [0, 0.1) is 0 Å². The maximum absolute atomic E-state index is 11.0. The van der Waals surface area contributed by atoms with Crippen LogP contribution in [0.15, 0.2) is 0 Å². The lowest BCUT2D eigenvalue weighted by molar-refractivity contribution is -0.140. The molecule has 0 saturated carbocycles. The zero-order chi connectivity index (χ0) is 11.3. The van der Waals surface area contributed by atoms with Crippen molar-refractivity contribution in [1.82, 2.24) is 10.2 Å². The highest BCUT2D eigenvalue weighted by atomic mass is 16.4. The van der Waals surface area contributed by atoms with Gasteiger partial charge in [-0.3, -0.25) is 4.79 Å². The molecule has 88 valence electrons. The fourth-order valence-corrected chi connectivity index (χ4v) is 2.03. The second-order valence-corrected chi connectivity index (χ2v) is 4.42. The SMILES string of the molecule is CCCC(NC1CCN(C)CC1)C(=O)O. The van der Waals surface area contributed by atoms with Gasteiger partial charge >= 0.3 is 5.97 Å². The van der Waals surface area contributed by atoms with Crippen molar-refractivity contribution in [1.29, 1.82) is 0 Å². The molecular weight excluding hydrogens is 192 g/mol. The number of rotatable bonds is 5. The maximum atomic E-state index is 11.0. The summed E-state index contributed by atoms with van der Waals surface area (Å²) in [4.78, 5) is 13.2. The first-order valence-corrected chi connectivity index (χ1v) is 5.81. The summed E-state index contributed by atoms with van der Waals surface area (Å²) in [6, 6.07) is 0.0252. The molecule has 0 radical (unpaired) electrons. The van der Waals surface area contributed by atoms with Gasteiger partial charge in [0.15, 0.2) is 0 Å². The normalized spacial score (nSPS) is 21.5. The van der Waals surface area contributed by atoms with E-state index in [1.54, 1.807) is 0 Å². The number of nitrogens with zero attached hydrogens (tertiary/aromatic N) is 1. The highest BCUT2D eigenvalue weighted by Crippen LogP contribution is 2.10. The van der Waals surface area contributed by atoms with Gasteiger partial charge in [-0.15, -0.1) is 0 Å². The first-order chi connectivity index (χ1) is 7.13. The summed E-state index contributed by atoms with van der Waals surface area (Å²) in [6.45, 7) is 4.15. The second-order valence-electron chi connectivity index (χ2n) is 4.42. The van der Waals surface area contributed by atoms with Gasteiger partial charge < -0.3 is 15.3 Å². The van der Waals surface area contributed by atoms with Gasteiger partial charge in [0.1, 0.15) is 6.04 Å². The van der Waals surface area contributed by atoms with Gasteiger partial charge in [-0.05, 0) is 39.4 Å². The summed E-state index contributed by atoms with van der Waals surface area (Å²) >= 11 is 0. The molecule has 0 aliphatic carbocycles. The Kier molecular flexibility index (Phi) is 5.05. The van der Waals surface area contributed by atoms with Crippen molar-refractivity contribution in [2.45, 2.75) is 44.7 Å². The maximum Gasteiger partial charge on any atom is 0.320 e. The monoisotopic (exact) mass is 214 g/mol. The van der Waals surface area contributed by atoms with Crippen LogP contribution in [0.3, 0.4) is 0 Å². The second kappa shape index (κ2) is 6.08. The molecule has 2 N–H and O–H groups in total. The summed E-state index contributed by atoms with van der Waals surface area (Å²) in [5, 5.41) is 12.3. The van der Waals surface area contributed by atoms with E-state index in [1.807, 2.05) is 6.92 Å². The quantitative estimate of drug-likeness (QED) is 0.714. The fraction of sp³-hybridized carbons (Fsp3) is 0.909. The Bertz CT molecular complexity index is 201. The topological polar surface area (TPSA) is 52.6 Å². The van der Waals surface area contributed by atoms with Crippen molar-refractivity contribution in [3.63, 3.8) is 0 Å². The van der Waals surface area contributed by atoms with Gasteiger partial charge in [0.2, 0.25) is 0 Å².